The Labute approximate surface area is 186 Å². The number of methoxy groups -OCH3 is 1. The predicted octanol–water partition coefficient (Wildman–Crippen LogP) is 3.45. The molecule has 2 aromatic carbocycles. The number of carbonyl (C=O) groups excluding carboxylic acids is 1. The van der Waals surface area contributed by atoms with E-state index >= 15 is 0 Å². The van der Waals surface area contributed by atoms with Crippen molar-refractivity contribution in [2.24, 2.45) is 0 Å². The number of ether oxygens (including phenoxy) is 1. The van der Waals surface area contributed by atoms with E-state index in [1.165, 1.54) is 12.8 Å². The maximum absolute atomic E-state index is 13.0. The standard InChI is InChI=1S/C25H36N4O2/c1-27-16-14-22(15-17-27)28(2)18-19-29(3)25(30)26-24(20-8-6-5-7-9-20)21-10-12-23(31-4)13-11-21/h5-13,22,24H,14-19H2,1-4H3,(H,26,30). The number of hydrogen-bond donors (Lipinski definition) is 1. The third kappa shape index (κ3) is 6.45. The smallest absolute Gasteiger partial charge is 0.317 e. The van der Waals surface area contributed by atoms with Crippen molar-refractivity contribution in [1.29, 1.82) is 0 Å². The summed E-state index contributed by atoms with van der Waals surface area (Å²) in [6.45, 7) is 3.85. The molecule has 0 spiro atoms. The zero-order chi connectivity index (χ0) is 22.2. The van der Waals surface area contributed by atoms with Crippen LogP contribution in [0.3, 0.4) is 0 Å². The maximum Gasteiger partial charge on any atom is 0.317 e. The largest absolute Gasteiger partial charge is 0.497 e. The van der Waals surface area contributed by atoms with Crippen LogP contribution >= 0.6 is 0 Å². The molecule has 168 valence electrons. The summed E-state index contributed by atoms with van der Waals surface area (Å²) in [5, 5.41) is 3.22. The summed E-state index contributed by atoms with van der Waals surface area (Å²) < 4.78 is 5.28. The molecule has 6 nitrogen and oxygen atoms in total. The quantitative estimate of drug-likeness (QED) is 0.705. The molecule has 0 aliphatic carbocycles. The van der Waals surface area contributed by atoms with Crippen molar-refractivity contribution in [3.63, 3.8) is 0 Å². The topological polar surface area (TPSA) is 48.1 Å². The van der Waals surface area contributed by atoms with Crippen LogP contribution in [0.1, 0.15) is 30.0 Å². The average Bonchev–Trinajstić information content (AvgIpc) is 2.81. The highest BCUT2D eigenvalue weighted by molar-refractivity contribution is 5.75. The molecule has 0 saturated carbocycles. The molecule has 1 N–H and O–H groups in total. The van der Waals surface area contributed by atoms with Crippen molar-refractivity contribution in [2.45, 2.75) is 24.9 Å². The van der Waals surface area contributed by atoms with E-state index in [2.05, 4.69) is 29.2 Å². The summed E-state index contributed by atoms with van der Waals surface area (Å²) in [6, 6.07) is 18.3. The first kappa shape index (κ1) is 23.1. The van der Waals surface area contributed by atoms with Crippen molar-refractivity contribution in [3.05, 3.63) is 65.7 Å². The number of nitrogens with one attached hydrogen (secondary N) is 1. The van der Waals surface area contributed by atoms with Gasteiger partial charge in [0.05, 0.1) is 13.2 Å². The van der Waals surface area contributed by atoms with Crippen LogP contribution in [0.25, 0.3) is 0 Å². The van der Waals surface area contributed by atoms with Gasteiger partial charge in [-0.2, -0.15) is 0 Å². The minimum absolute atomic E-state index is 0.0681. The van der Waals surface area contributed by atoms with E-state index in [1.807, 2.05) is 61.6 Å². The van der Waals surface area contributed by atoms with Crippen molar-refractivity contribution >= 4 is 6.03 Å². The van der Waals surface area contributed by atoms with Crippen LogP contribution in [0.2, 0.25) is 0 Å². The number of piperidine rings is 1. The molecule has 1 fully saturated rings. The van der Waals surface area contributed by atoms with E-state index in [-0.39, 0.29) is 12.1 Å². The molecule has 1 heterocycles. The Bertz CT molecular complexity index is 804. The monoisotopic (exact) mass is 424 g/mol. The van der Waals surface area contributed by atoms with E-state index in [0.29, 0.717) is 12.6 Å². The fourth-order valence-corrected chi connectivity index (χ4v) is 4.06. The second kappa shape index (κ2) is 11.2. The van der Waals surface area contributed by atoms with Crippen LogP contribution < -0.4 is 10.1 Å². The molecule has 1 aliphatic rings. The Kier molecular flexibility index (Phi) is 8.32. The fourth-order valence-electron chi connectivity index (χ4n) is 4.06. The fraction of sp³-hybridized carbons (Fsp3) is 0.480. The molecular formula is C25H36N4O2. The molecular weight excluding hydrogens is 388 g/mol. The highest BCUT2D eigenvalue weighted by Gasteiger charge is 2.22. The summed E-state index contributed by atoms with van der Waals surface area (Å²) in [7, 11) is 7.88. The van der Waals surface area contributed by atoms with Gasteiger partial charge in [0.15, 0.2) is 0 Å². The normalized spacial score (nSPS) is 16.2. The number of amides is 2. The number of likely N-dealkylation sites (N-methyl/N-ethyl adjacent to an activating group) is 2. The Morgan fingerprint density at radius 3 is 2.26 bits per heavy atom. The highest BCUT2D eigenvalue weighted by atomic mass is 16.5. The molecule has 6 heteroatoms. The molecule has 0 radical (unpaired) electrons. The van der Waals surface area contributed by atoms with Crippen LogP contribution in [0.15, 0.2) is 54.6 Å². The Hall–Kier alpha value is -2.57. The molecule has 1 saturated heterocycles. The van der Waals surface area contributed by atoms with Gasteiger partial charge in [0, 0.05) is 26.2 Å². The molecule has 31 heavy (non-hydrogen) atoms. The van der Waals surface area contributed by atoms with E-state index in [4.69, 9.17) is 4.74 Å². The first-order valence-electron chi connectivity index (χ1n) is 11.1. The van der Waals surface area contributed by atoms with Gasteiger partial charge in [0.1, 0.15) is 5.75 Å². The lowest BCUT2D eigenvalue weighted by molar-refractivity contribution is 0.134. The number of urea groups is 1. The van der Waals surface area contributed by atoms with Crippen LogP contribution in [0, 0.1) is 0 Å². The van der Waals surface area contributed by atoms with Crippen LogP contribution in [-0.2, 0) is 0 Å². The van der Waals surface area contributed by atoms with Gasteiger partial charge in [-0.05, 0) is 63.3 Å². The van der Waals surface area contributed by atoms with Crippen molar-refractivity contribution in [1.82, 2.24) is 20.0 Å². The molecule has 2 amide bonds. The molecule has 1 aliphatic heterocycles. The average molecular weight is 425 g/mol. The summed E-state index contributed by atoms with van der Waals surface area (Å²) in [5.74, 6) is 0.802. The number of hydrogen-bond acceptors (Lipinski definition) is 4. The number of likely N-dealkylation sites (tertiary alicyclic amines) is 1. The van der Waals surface area contributed by atoms with Gasteiger partial charge in [0.25, 0.3) is 0 Å². The van der Waals surface area contributed by atoms with Crippen LogP contribution in [0.5, 0.6) is 5.75 Å². The van der Waals surface area contributed by atoms with E-state index in [0.717, 1.165) is 36.5 Å². The van der Waals surface area contributed by atoms with Crippen molar-refractivity contribution in [2.75, 3.05) is 54.4 Å². The summed E-state index contributed by atoms with van der Waals surface area (Å²) >= 11 is 0. The van der Waals surface area contributed by atoms with Gasteiger partial charge in [-0.3, -0.25) is 0 Å². The predicted molar refractivity (Wildman–Crippen MR) is 126 cm³/mol. The summed E-state index contributed by atoms with van der Waals surface area (Å²) in [4.78, 5) is 19.6. The Morgan fingerprint density at radius 2 is 1.65 bits per heavy atom. The van der Waals surface area contributed by atoms with E-state index in [1.54, 1.807) is 12.0 Å². The van der Waals surface area contributed by atoms with Gasteiger partial charge in [-0.1, -0.05) is 42.5 Å². The molecule has 1 unspecified atom stereocenters. The van der Waals surface area contributed by atoms with E-state index in [9.17, 15) is 4.79 Å². The van der Waals surface area contributed by atoms with E-state index < -0.39 is 0 Å². The van der Waals surface area contributed by atoms with Gasteiger partial charge in [-0.15, -0.1) is 0 Å². The summed E-state index contributed by atoms with van der Waals surface area (Å²) in [5.41, 5.74) is 2.08. The van der Waals surface area contributed by atoms with Gasteiger partial charge in [-0.25, -0.2) is 4.79 Å². The van der Waals surface area contributed by atoms with Gasteiger partial charge < -0.3 is 24.8 Å². The second-order valence-electron chi connectivity index (χ2n) is 8.50. The minimum atomic E-state index is -0.214. The second-order valence-corrected chi connectivity index (χ2v) is 8.50. The number of benzene rings is 2. The first-order valence-corrected chi connectivity index (χ1v) is 11.1. The third-order valence-electron chi connectivity index (χ3n) is 6.30. The minimum Gasteiger partial charge on any atom is -0.497 e. The zero-order valence-electron chi connectivity index (χ0n) is 19.3. The molecule has 3 rings (SSSR count). The molecule has 2 aromatic rings. The van der Waals surface area contributed by atoms with Gasteiger partial charge in [0.2, 0.25) is 0 Å². The van der Waals surface area contributed by atoms with Gasteiger partial charge >= 0.3 is 6.03 Å². The zero-order valence-corrected chi connectivity index (χ0v) is 19.3. The van der Waals surface area contributed by atoms with Crippen molar-refractivity contribution in [3.8, 4) is 5.75 Å². The Morgan fingerprint density at radius 1 is 1.03 bits per heavy atom. The lowest BCUT2D eigenvalue weighted by Crippen LogP contribution is -2.46. The lowest BCUT2D eigenvalue weighted by atomic mass is 9.99. The third-order valence-corrected chi connectivity index (χ3v) is 6.30. The van der Waals surface area contributed by atoms with Crippen LogP contribution in [0.4, 0.5) is 4.79 Å². The number of carbonyl (C=O) groups is 1. The molecule has 0 bridgehead atoms. The number of nitrogens with zero attached hydrogens (tertiary/aromatic N) is 3. The summed E-state index contributed by atoms with van der Waals surface area (Å²) in [6.07, 6.45) is 2.38. The number of rotatable bonds is 8. The van der Waals surface area contributed by atoms with Crippen molar-refractivity contribution < 1.29 is 9.53 Å². The molecule has 1 atom stereocenters. The Balaban J connectivity index is 1.61. The first-order chi connectivity index (χ1) is 15.0. The maximum atomic E-state index is 13.0. The highest BCUT2D eigenvalue weighted by Crippen LogP contribution is 2.24. The lowest BCUT2D eigenvalue weighted by Gasteiger charge is -2.35. The SMILES string of the molecule is COc1ccc(C(NC(=O)N(C)CCN(C)C2CCN(C)CC2)c2ccccc2)cc1. The molecule has 0 aromatic heterocycles. The van der Waals surface area contributed by atoms with Crippen LogP contribution in [-0.4, -0.2) is 81.2 Å².